The van der Waals surface area contributed by atoms with Crippen LogP contribution in [-0.4, -0.2) is 33.5 Å². The number of ether oxygens (including phenoxy) is 1. The molecule has 1 atom stereocenters. The van der Waals surface area contributed by atoms with E-state index < -0.39 is 10.1 Å². The predicted molar refractivity (Wildman–Crippen MR) is 49.0 cm³/mol. The highest BCUT2D eigenvalue weighted by Crippen LogP contribution is 2.11. The first-order valence-electron chi connectivity index (χ1n) is 4.63. The van der Waals surface area contributed by atoms with Crippen LogP contribution in [0.3, 0.4) is 0 Å². The van der Waals surface area contributed by atoms with Crippen LogP contribution in [0, 0.1) is 0 Å². The molecule has 5 heteroatoms. The Morgan fingerprint density at radius 1 is 1.46 bits per heavy atom. The highest BCUT2D eigenvalue weighted by atomic mass is 32.2. The lowest BCUT2D eigenvalue weighted by Gasteiger charge is -2.06. The van der Waals surface area contributed by atoms with Crippen molar-refractivity contribution in [2.45, 2.75) is 32.3 Å². The molecule has 0 aromatic carbocycles. The second-order valence-electron chi connectivity index (χ2n) is 3.21. The van der Waals surface area contributed by atoms with Gasteiger partial charge < -0.3 is 4.74 Å². The minimum atomic E-state index is -3.26. The molecule has 0 saturated carbocycles. The zero-order valence-corrected chi connectivity index (χ0v) is 8.68. The summed E-state index contributed by atoms with van der Waals surface area (Å²) in [4.78, 5) is 0. The average Bonchev–Trinajstić information content (AvgIpc) is 2.40. The number of rotatable bonds is 5. The summed E-state index contributed by atoms with van der Waals surface area (Å²) in [5.41, 5.74) is 0. The average molecular weight is 208 g/mol. The van der Waals surface area contributed by atoms with Crippen molar-refractivity contribution in [2.24, 2.45) is 0 Å². The SMILES string of the molecule is CCCCCOC1COS(=O)(=O)C1. The summed E-state index contributed by atoms with van der Waals surface area (Å²) in [5.74, 6) is 0.0130. The standard InChI is InChI=1S/C8H16O4S/c1-2-3-4-5-11-8-6-12-13(9,10)7-8/h8H,2-7H2,1H3. The Balaban J connectivity index is 2.11. The molecular formula is C8H16O4S. The van der Waals surface area contributed by atoms with Crippen LogP contribution in [0.2, 0.25) is 0 Å². The van der Waals surface area contributed by atoms with Gasteiger partial charge in [-0.25, -0.2) is 0 Å². The molecule has 1 saturated heterocycles. The summed E-state index contributed by atoms with van der Waals surface area (Å²) < 4.78 is 31.5. The van der Waals surface area contributed by atoms with Crippen molar-refractivity contribution in [3.8, 4) is 0 Å². The maximum absolute atomic E-state index is 10.8. The van der Waals surface area contributed by atoms with Crippen LogP contribution in [-0.2, 0) is 19.0 Å². The van der Waals surface area contributed by atoms with Gasteiger partial charge in [-0.2, -0.15) is 8.42 Å². The summed E-state index contributed by atoms with van der Waals surface area (Å²) in [6.45, 7) is 2.94. The van der Waals surface area contributed by atoms with Crippen LogP contribution in [0.15, 0.2) is 0 Å². The molecule has 0 aromatic rings. The van der Waals surface area contributed by atoms with E-state index in [4.69, 9.17) is 4.74 Å². The highest BCUT2D eigenvalue weighted by molar-refractivity contribution is 7.87. The molecule has 4 nitrogen and oxygen atoms in total. The van der Waals surface area contributed by atoms with E-state index in [9.17, 15) is 8.42 Å². The third kappa shape index (κ3) is 4.06. The molecule has 0 spiro atoms. The molecule has 0 aliphatic carbocycles. The molecule has 1 fully saturated rings. The maximum atomic E-state index is 10.8. The molecule has 78 valence electrons. The summed E-state index contributed by atoms with van der Waals surface area (Å²) >= 11 is 0. The van der Waals surface area contributed by atoms with Crippen molar-refractivity contribution in [1.82, 2.24) is 0 Å². The van der Waals surface area contributed by atoms with E-state index in [1.807, 2.05) is 0 Å². The van der Waals surface area contributed by atoms with E-state index >= 15 is 0 Å². The molecule has 0 radical (unpaired) electrons. The van der Waals surface area contributed by atoms with E-state index in [0.717, 1.165) is 19.3 Å². The lowest BCUT2D eigenvalue weighted by atomic mass is 10.3. The maximum Gasteiger partial charge on any atom is 0.270 e. The lowest BCUT2D eigenvalue weighted by molar-refractivity contribution is 0.0502. The number of hydrogen-bond acceptors (Lipinski definition) is 4. The fourth-order valence-electron chi connectivity index (χ4n) is 1.20. The predicted octanol–water partition coefficient (Wildman–Crippen LogP) is 0.922. The molecular weight excluding hydrogens is 192 g/mol. The molecule has 0 bridgehead atoms. The summed E-state index contributed by atoms with van der Waals surface area (Å²) in [5, 5.41) is 0. The number of unbranched alkanes of at least 4 members (excludes halogenated alkanes) is 2. The summed E-state index contributed by atoms with van der Waals surface area (Å²) in [6, 6.07) is 0. The van der Waals surface area contributed by atoms with Gasteiger partial charge in [-0.1, -0.05) is 19.8 Å². The van der Waals surface area contributed by atoms with Gasteiger partial charge in [-0.3, -0.25) is 4.18 Å². The van der Waals surface area contributed by atoms with Crippen molar-refractivity contribution in [1.29, 1.82) is 0 Å². The Bertz CT molecular complexity index is 235. The van der Waals surface area contributed by atoms with Crippen LogP contribution < -0.4 is 0 Å². The molecule has 0 aromatic heterocycles. The molecule has 0 N–H and O–H groups in total. The molecule has 1 aliphatic rings. The van der Waals surface area contributed by atoms with Gasteiger partial charge in [-0.05, 0) is 6.42 Å². The van der Waals surface area contributed by atoms with Crippen molar-refractivity contribution in [3.63, 3.8) is 0 Å². The smallest absolute Gasteiger partial charge is 0.270 e. The Hall–Kier alpha value is -0.130. The minimum Gasteiger partial charge on any atom is -0.375 e. The van der Waals surface area contributed by atoms with E-state index in [-0.39, 0.29) is 18.5 Å². The van der Waals surface area contributed by atoms with E-state index in [1.54, 1.807) is 0 Å². The number of hydrogen-bond donors (Lipinski definition) is 0. The van der Waals surface area contributed by atoms with Crippen LogP contribution in [0.5, 0.6) is 0 Å². The molecule has 1 heterocycles. The summed E-state index contributed by atoms with van der Waals surface area (Å²) in [6.07, 6.45) is 3.01. The van der Waals surface area contributed by atoms with Crippen molar-refractivity contribution in [3.05, 3.63) is 0 Å². The Morgan fingerprint density at radius 2 is 2.23 bits per heavy atom. The van der Waals surface area contributed by atoms with Gasteiger partial charge in [0, 0.05) is 6.61 Å². The first-order valence-corrected chi connectivity index (χ1v) is 6.20. The van der Waals surface area contributed by atoms with E-state index in [0.29, 0.717) is 6.61 Å². The van der Waals surface area contributed by atoms with Crippen LogP contribution >= 0.6 is 0 Å². The largest absolute Gasteiger partial charge is 0.375 e. The molecule has 1 aliphatic heterocycles. The minimum absolute atomic E-state index is 0.0130. The van der Waals surface area contributed by atoms with Gasteiger partial charge in [0.1, 0.15) is 5.75 Å². The van der Waals surface area contributed by atoms with E-state index in [2.05, 4.69) is 11.1 Å². The Kier molecular flexibility index (Phi) is 4.15. The van der Waals surface area contributed by atoms with E-state index in [1.165, 1.54) is 0 Å². The van der Waals surface area contributed by atoms with Gasteiger partial charge in [0.05, 0.1) is 12.7 Å². The Morgan fingerprint density at radius 3 is 2.77 bits per heavy atom. The fourth-order valence-corrected chi connectivity index (χ4v) is 2.30. The van der Waals surface area contributed by atoms with Crippen molar-refractivity contribution in [2.75, 3.05) is 19.0 Å². The molecule has 13 heavy (non-hydrogen) atoms. The molecule has 0 amide bonds. The van der Waals surface area contributed by atoms with Crippen molar-refractivity contribution >= 4 is 10.1 Å². The third-order valence-electron chi connectivity index (χ3n) is 1.92. The van der Waals surface area contributed by atoms with Gasteiger partial charge >= 0.3 is 0 Å². The zero-order chi connectivity index (χ0) is 9.73. The molecule has 1 rings (SSSR count). The highest BCUT2D eigenvalue weighted by Gasteiger charge is 2.29. The fraction of sp³-hybridized carbons (Fsp3) is 1.00. The van der Waals surface area contributed by atoms with Crippen molar-refractivity contribution < 1.29 is 17.3 Å². The summed E-state index contributed by atoms with van der Waals surface area (Å²) in [7, 11) is -3.26. The quantitative estimate of drug-likeness (QED) is 0.498. The van der Waals surface area contributed by atoms with Gasteiger partial charge in [0.2, 0.25) is 0 Å². The first-order chi connectivity index (χ1) is 6.14. The third-order valence-corrected chi connectivity index (χ3v) is 3.20. The monoisotopic (exact) mass is 208 g/mol. The van der Waals surface area contributed by atoms with Gasteiger partial charge in [0.15, 0.2) is 0 Å². The Labute approximate surface area is 79.3 Å². The molecule has 1 unspecified atom stereocenters. The van der Waals surface area contributed by atoms with Crippen LogP contribution in [0.1, 0.15) is 26.2 Å². The van der Waals surface area contributed by atoms with Crippen LogP contribution in [0.25, 0.3) is 0 Å². The van der Waals surface area contributed by atoms with Gasteiger partial charge in [0.25, 0.3) is 10.1 Å². The second-order valence-corrected chi connectivity index (χ2v) is 4.89. The lowest BCUT2D eigenvalue weighted by Crippen LogP contribution is -2.17. The zero-order valence-electron chi connectivity index (χ0n) is 7.86. The van der Waals surface area contributed by atoms with Gasteiger partial charge in [-0.15, -0.1) is 0 Å². The van der Waals surface area contributed by atoms with Crippen LogP contribution in [0.4, 0.5) is 0 Å². The first kappa shape index (κ1) is 10.9. The normalized spacial score (nSPS) is 26.4. The topological polar surface area (TPSA) is 52.6 Å². The second kappa shape index (κ2) is 4.93.